The van der Waals surface area contributed by atoms with Crippen molar-refractivity contribution in [1.29, 1.82) is 0 Å². The SMILES string of the molecule is [2H]/C(CCCCC)=C(/C=O)CCCC. The summed E-state index contributed by atoms with van der Waals surface area (Å²) >= 11 is 0. The maximum absolute atomic E-state index is 10.7. The third-order valence-corrected chi connectivity index (χ3v) is 2.07. The number of rotatable bonds is 8. The van der Waals surface area contributed by atoms with Gasteiger partial charge in [0.25, 0.3) is 0 Å². The predicted molar refractivity (Wildman–Crippen MR) is 57.8 cm³/mol. The van der Waals surface area contributed by atoms with Crippen LogP contribution in [0.15, 0.2) is 11.6 Å². The molecule has 0 saturated carbocycles. The van der Waals surface area contributed by atoms with Crippen molar-refractivity contribution >= 4 is 6.29 Å². The Bertz CT molecular complexity index is 185. The molecule has 0 bridgehead atoms. The molecule has 0 atom stereocenters. The van der Waals surface area contributed by atoms with Crippen LogP contribution in [0, 0.1) is 0 Å². The standard InChI is InChI=1S/C12H22O/c1-3-5-7-8-10-12(11-13)9-6-4-2/h10-11H,3-9H2,1-2H3/b12-10-/i10D. The minimum absolute atomic E-state index is 0.557. The van der Waals surface area contributed by atoms with Crippen LogP contribution in [-0.2, 0) is 4.79 Å². The van der Waals surface area contributed by atoms with Crippen molar-refractivity contribution in [3.8, 4) is 0 Å². The Kier molecular flexibility index (Phi) is 7.66. The van der Waals surface area contributed by atoms with Crippen molar-refractivity contribution in [1.82, 2.24) is 0 Å². The van der Waals surface area contributed by atoms with Crippen molar-refractivity contribution in [2.45, 2.75) is 58.8 Å². The largest absolute Gasteiger partial charge is 0.298 e. The van der Waals surface area contributed by atoms with E-state index in [4.69, 9.17) is 1.37 Å². The van der Waals surface area contributed by atoms with Crippen LogP contribution in [0.4, 0.5) is 0 Å². The molecular formula is C12H22O. The van der Waals surface area contributed by atoms with Crippen molar-refractivity contribution < 1.29 is 6.17 Å². The van der Waals surface area contributed by atoms with Crippen LogP contribution < -0.4 is 0 Å². The van der Waals surface area contributed by atoms with Crippen molar-refractivity contribution in [2.75, 3.05) is 0 Å². The molecule has 1 nitrogen and oxygen atoms in total. The Hall–Kier alpha value is -0.590. The number of carbonyl (C=O) groups is 1. The molecule has 0 spiro atoms. The lowest BCUT2D eigenvalue weighted by Crippen LogP contribution is -1.85. The van der Waals surface area contributed by atoms with Gasteiger partial charge in [0.1, 0.15) is 6.29 Å². The molecule has 1 heteroatoms. The van der Waals surface area contributed by atoms with E-state index in [1.165, 1.54) is 6.42 Å². The first kappa shape index (κ1) is 10.5. The maximum atomic E-state index is 10.7. The van der Waals surface area contributed by atoms with Crippen LogP contribution in [0.25, 0.3) is 0 Å². The molecule has 0 radical (unpaired) electrons. The normalized spacial score (nSPS) is 13.5. The molecular weight excluding hydrogens is 160 g/mol. The van der Waals surface area contributed by atoms with E-state index in [0.29, 0.717) is 11.6 Å². The third-order valence-electron chi connectivity index (χ3n) is 2.07. The Morgan fingerprint density at radius 3 is 2.46 bits per heavy atom. The quantitative estimate of drug-likeness (QED) is 0.317. The van der Waals surface area contributed by atoms with Gasteiger partial charge in [0.2, 0.25) is 0 Å². The lowest BCUT2D eigenvalue weighted by Gasteiger charge is -1.98. The lowest BCUT2D eigenvalue weighted by molar-refractivity contribution is -0.105. The fraction of sp³-hybridized carbons (Fsp3) is 0.750. The molecule has 0 aliphatic heterocycles. The zero-order valence-corrected chi connectivity index (χ0v) is 8.94. The summed E-state index contributed by atoms with van der Waals surface area (Å²) in [5, 5.41) is 0. The van der Waals surface area contributed by atoms with E-state index in [0.717, 1.165) is 44.8 Å². The zero-order chi connectivity index (χ0) is 10.8. The van der Waals surface area contributed by atoms with Crippen molar-refractivity contribution in [2.24, 2.45) is 0 Å². The van der Waals surface area contributed by atoms with Crippen LogP contribution in [0.5, 0.6) is 0 Å². The Balaban J connectivity index is 3.98. The van der Waals surface area contributed by atoms with E-state index in [9.17, 15) is 4.79 Å². The van der Waals surface area contributed by atoms with Gasteiger partial charge in [-0.2, -0.15) is 0 Å². The fourth-order valence-corrected chi connectivity index (χ4v) is 1.18. The molecule has 0 N–H and O–H groups in total. The van der Waals surface area contributed by atoms with Crippen molar-refractivity contribution in [3.05, 3.63) is 11.6 Å². The summed E-state index contributed by atoms with van der Waals surface area (Å²) in [4.78, 5) is 10.7. The summed E-state index contributed by atoms with van der Waals surface area (Å²) in [6.07, 6.45) is 7.88. The molecule has 0 aromatic rings. The van der Waals surface area contributed by atoms with Gasteiger partial charge in [-0.1, -0.05) is 39.2 Å². The van der Waals surface area contributed by atoms with Crippen LogP contribution in [-0.4, -0.2) is 6.29 Å². The van der Waals surface area contributed by atoms with E-state index in [-0.39, 0.29) is 0 Å². The van der Waals surface area contributed by atoms with Crippen LogP contribution in [0.1, 0.15) is 60.2 Å². The Morgan fingerprint density at radius 2 is 1.92 bits per heavy atom. The highest BCUT2D eigenvalue weighted by Crippen LogP contribution is 2.08. The smallest absolute Gasteiger partial charge is 0.145 e. The van der Waals surface area contributed by atoms with E-state index in [1.807, 2.05) is 0 Å². The molecule has 0 saturated heterocycles. The number of hydrogen-bond donors (Lipinski definition) is 0. The molecule has 0 aliphatic carbocycles. The van der Waals surface area contributed by atoms with Gasteiger partial charge in [0.05, 0.1) is 1.37 Å². The number of aldehydes is 1. The van der Waals surface area contributed by atoms with Gasteiger partial charge in [-0.15, -0.1) is 0 Å². The second-order valence-electron chi connectivity index (χ2n) is 3.38. The molecule has 0 unspecified atom stereocenters. The zero-order valence-electron chi connectivity index (χ0n) is 9.94. The molecule has 13 heavy (non-hydrogen) atoms. The van der Waals surface area contributed by atoms with E-state index >= 15 is 0 Å². The molecule has 0 aromatic carbocycles. The summed E-state index contributed by atoms with van der Waals surface area (Å²) in [6.45, 7) is 4.24. The highest BCUT2D eigenvalue weighted by Gasteiger charge is 1.93. The monoisotopic (exact) mass is 183 g/mol. The lowest BCUT2D eigenvalue weighted by atomic mass is 10.1. The summed E-state index contributed by atoms with van der Waals surface area (Å²) in [5.41, 5.74) is 0.711. The van der Waals surface area contributed by atoms with E-state index < -0.39 is 0 Å². The highest BCUT2D eigenvalue weighted by molar-refractivity contribution is 5.72. The molecule has 0 aromatic heterocycles. The number of hydrogen-bond acceptors (Lipinski definition) is 1. The summed E-state index contributed by atoms with van der Waals surface area (Å²) in [6, 6.07) is 0.557. The van der Waals surface area contributed by atoms with E-state index in [1.54, 1.807) is 0 Å². The molecule has 0 amide bonds. The van der Waals surface area contributed by atoms with Gasteiger partial charge in [-0.05, 0) is 31.3 Å². The average Bonchev–Trinajstić information content (AvgIpc) is 2.19. The van der Waals surface area contributed by atoms with Gasteiger partial charge >= 0.3 is 0 Å². The van der Waals surface area contributed by atoms with Gasteiger partial charge in [0, 0.05) is 0 Å². The number of carbonyl (C=O) groups excluding carboxylic acids is 1. The average molecular weight is 183 g/mol. The second kappa shape index (κ2) is 9.50. The van der Waals surface area contributed by atoms with Crippen LogP contribution in [0.2, 0.25) is 0 Å². The first-order valence-electron chi connectivity index (χ1n) is 5.90. The fourth-order valence-electron chi connectivity index (χ4n) is 1.18. The summed E-state index contributed by atoms with van der Waals surface area (Å²) in [5.74, 6) is 0. The van der Waals surface area contributed by atoms with Gasteiger partial charge in [0.15, 0.2) is 0 Å². The number of unbranched alkanes of at least 4 members (excludes halogenated alkanes) is 3. The predicted octanol–water partition coefficient (Wildman–Crippen LogP) is 3.88. The summed E-state index contributed by atoms with van der Waals surface area (Å²) in [7, 11) is 0. The first-order valence-corrected chi connectivity index (χ1v) is 5.40. The van der Waals surface area contributed by atoms with Crippen LogP contribution in [0.3, 0.4) is 0 Å². The Labute approximate surface area is 83.6 Å². The minimum Gasteiger partial charge on any atom is -0.298 e. The highest BCUT2D eigenvalue weighted by atomic mass is 16.1. The molecule has 0 rings (SSSR count). The topological polar surface area (TPSA) is 17.1 Å². The van der Waals surface area contributed by atoms with E-state index in [2.05, 4.69) is 13.8 Å². The van der Waals surface area contributed by atoms with Gasteiger partial charge < -0.3 is 0 Å². The van der Waals surface area contributed by atoms with Gasteiger partial charge in [-0.25, -0.2) is 0 Å². The molecule has 0 heterocycles. The number of allylic oxidation sites excluding steroid dienone is 2. The van der Waals surface area contributed by atoms with Crippen LogP contribution >= 0.6 is 0 Å². The third kappa shape index (κ3) is 7.76. The maximum Gasteiger partial charge on any atom is 0.145 e. The molecule has 0 aliphatic rings. The summed E-state index contributed by atoms with van der Waals surface area (Å²) < 4.78 is 7.73. The molecule has 76 valence electrons. The first-order chi connectivity index (χ1) is 6.76. The van der Waals surface area contributed by atoms with Crippen molar-refractivity contribution in [3.63, 3.8) is 0 Å². The Morgan fingerprint density at radius 1 is 1.23 bits per heavy atom. The van der Waals surface area contributed by atoms with Gasteiger partial charge in [-0.3, -0.25) is 4.79 Å². The molecule has 0 fully saturated rings. The minimum atomic E-state index is 0.557. The second-order valence-corrected chi connectivity index (χ2v) is 3.38.